The highest BCUT2D eigenvalue weighted by Gasteiger charge is 2.32. The van der Waals surface area contributed by atoms with E-state index < -0.39 is 0 Å². The van der Waals surface area contributed by atoms with Crippen LogP contribution in [-0.4, -0.2) is 45.3 Å². The van der Waals surface area contributed by atoms with Crippen molar-refractivity contribution in [2.24, 2.45) is 5.92 Å². The monoisotopic (exact) mass is 312 g/mol. The number of amides is 1. The van der Waals surface area contributed by atoms with Crippen LogP contribution in [0.1, 0.15) is 24.4 Å². The van der Waals surface area contributed by atoms with Crippen molar-refractivity contribution in [2.45, 2.75) is 25.3 Å². The summed E-state index contributed by atoms with van der Waals surface area (Å²) < 4.78 is 7.64. The summed E-state index contributed by atoms with van der Waals surface area (Å²) in [5, 5.41) is 4.22. The molecule has 0 bridgehead atoms. The molecule has 120 valence electrons. The van der Waals surface area contributed by atoms with Crippen molar-refractivity contribution in [3.8, 4) is 5.75 Å². The van der Waals surface area contributed by atoms with Gasteiger partial charge in [-0.3, -0.25) is 4.79 Å². The maximum atomic E-state index is 12.9. The zero-order valence-corrected chi connectivity index (χ0v) is 13.0. The minimum Gasteiger partial charge on any atom is -0.492 e. The lowest BCUT2D eigenvalue weighted by Crippen LogP contribution is -2.46. The van der Waals surface area contributed by atoms with Gasteiger partial charge in [0.1, 0.15) is 25.0 Å². The average molecular weight is 312 g/mol. The topological polar surface area (TPSA) is 60.2 Å². The smallest absolute Gasteiger partial charge is 0.229 e. The number of para-hydroxylation sites is 1. The first kappa shape index (κ1) is 14.2. The number of likely N-dealkylation sites (tertiary alicyclic amines) is 1. The predicted molar refractivity (Wildman–Crippen MR) is 84.0 cm³/mol. The molecule has 0 radical (unpaired) electrons. The van der Waals surface area contributed by atoms with Gasteiger partial charge < -0.3 is 9.64 Å². The molecule has 3 heterocycles. The summed E-state index contributed by atoms with van der Waals surface area (Å²) in [4.78, 5) is 18.9. The second-order valence-corrected chi connectivity index (χ2v) is 6.28. The molecule has 2 aliphatic rings. The third-order valence-electron chi connectivity index (χ3n) is 4.75. The normalized spacial score (nSPS) is 23.9. The molecule has 0 unspecified atom stereocenters. The average Bonchev–Trinajstić information content (AvgIpc) is 3.15. The van der Waals surface area contributed by atoms with E-state index in [-0.39, 0.29) is 17.9 Å². The number of carbonyl (C=O) groups is 1. The molecule has 1 aromatic heterocycles. The molecule has 1 saturated heterocycles. The number of ether oxygens (including phenoxy) is 1. The van der Waals surface area contributed by atoms with E-state index in [0.717, 1.165) is 37.1 Å². The summed E-state index contributed by atoms with van der Waals surface area (Å²) in [5.41, 5.74) is 1.13. The van der Waals surface area contributed by atoms with Gasteiger partial charge in [-0.25, -0.2) is 9.67 Å². The van der Waals surface area contributed by atoms with Crippen molar-refractivity contribution in [1.82, 2.24) is 19.7 Å². The Hall–Kier alpha value is -2.37. The molecule has 23 heavy (non-hydrogen) atoms. The Morgan fingerprint density at radius 3 is 3.09 bits per heavy atom. The molecule has 2 aliphatic heterocycles. The van der Waals surface area contributed by atoms with Crippen LogP contribution in [0.15, 0.2) is 36.9 Å². The van der Waals surface area contributed by atoms with Crippen LogP contribution in [0.5, 0.6) is 5.75 Å². The first-order valence-corrected chi connectivity index (χ1v) is 8.15. The molecule has 1 amide bonds. The maximum absolute atomic E-state index is 12.9. The Balaban J connectivity index is 1.45. The molecular formula is C17H20N4O2. The van der Waals surface area contributed by atoms with Gasteiger partial charge in [0, 0.05) is 13.1 Å². The van der Waals surface area contributed by atoms with Gasteiger partial charge in [-0.2, -0.15) is 5.10 Å². The van der Waals surface area contributed by atoms with Crippen LogP contribution in [0.4, 0.5) is 0 Å². The molecule has 6 heteroatoms. The minimum absolute atomic E-state index is 0.0839. The standard InChI is InChI=1S/C17H20N4O2/c22-17(14-8-13-4-1-2-6-16(13)23-10-14)20-7-3-5-15(9-20)21-12-18-11-19-21/h1-2,4,6,11-12,14-15H,3,5,7-10H2/t14-,15-/m1/s1. The van der Waals surface area contributed by atoms with Crippen molar-refractivity contribution in [3.63, 3.8) is 0 Å². The van der Waals surface area contributed by atoms with Gasteiger partial charge in [0.15, 0.2) is 0 Å². The van der Waals surface area contributed by atoms with E-state index >= 15 is 0 Å². The van der Waals surface area contributed by atoms with E-state index in [0.29, 0.717) is 13.2 Å². The molecule has 2 atom stereocenters. The van der Waals surface area contributed by atoms with Crippen LogP contribution >= 0.6 is 0 Å². The van der Waals surface area contributed by atoms with E-state index in [2.05, 4.69) is 10.1 Å². The van der Waals surface area contributed by atoms with Crippen LogP contribution in [0, 0.1) is 5.92 Å². The third-order valence-corrected chi connectivity index (χ3v) is 4.75. The zero-order chi connectivity index (χ0) is 15.6. The van der Waals surface area contributed by atoms with Crippen molar-refractivity contribution in [1.29, 1.82) is 0 Å². The number of fused-ring (bicyclic) bond motifs is 1. The highest BCUT2D eigenvalue weighted by molar-refractivity contribution is 5.80. The largest absolute Gasteiger partial charge is 0.492 e. The van der Waals surface area contributed by atoms with Crippen LogP contribution < -0.4 is 4.74 Å². The fourth-order valence-corrected chi connectivity index (χ4v) is 3.52. The van der Waals surface area contributed by atoms with Crippen LogP contribution in [0.25, 0.3) is 0 Å². The minimum atomic E-state index is -0.0839. The molecule has 1 fully saturated rings. The molecule has 0 aliphatic carbocycles. The van der Waals surface area contributed by atoms with Gasteiger partial charge in [0.2, 0.25) is 5.91 Å². The third kappa shape index (κ3) is 2.81. The van der Waals surface area contributed by atoms with Crippen LogP contribution in [0.3, 0.4) is 0 Å². The molecule has 4 rings (SSSR count). The lowest BCUT2D eigenvalue weighted by atomic mass is 9.94. The molecule has 0 spiro atoms. The second kappa shape index (κ2) is 6.02. The number of benzene rings is 1. The Morgan fingerprint density at radius 1 is 1.30 bits per heavy atom. The Bertz CT molecular complexity index is 686. The summed E-state index contributed by atoms with van der Waals surface area (Å²) >= 11 is 0. The lowest BCUT2D eigenvalue weighted by molar-refractivity contribution is -0.138. The highest BCUT2D eigenvalue weighted by Crippen LogP contribution is 2.29. The summed E-state index contributed by atoms with van der Waals surface area (Å²) in [5.74, 6) is 1.03. The van der Waals surface area contributed by atoms with Crippen molar-refractivity contribution in [2.75, 3.05) is 19.7 Å². The molecular weight excluding hydrogens is 292 g/mol. The molecule has 0 saturated carbocycles. The number of rotatable bonds is 2. The van der Waals surface area contributed by atoms with Crippen molar-refractivity contribution < 1.29 is 9.53 Å². The van der Waals surface area contributed by atoms with E-state index in [1.807, 2.05) is 33.8 Å². The Labute approximate surface area is 135 Å². The molecule has 2 aromatic rings. The Morgan fingerprint density at radius 2 is 2.22 bits per heavy atom. The van der Waals surface area contributed by atoms with Gasteiger partial charge in [-0.05, 0) is 30.9 Å². The van der Waals surface area contributed by atoms with Gasteiger partial charge in [-0.15, -0.1) is 0 Å². The summed E-state index contributed by atoms with van der Waals surface area (Å²) in [6.45, 7) is 2.00. The lowest BCUT2D eigenvalue weighted by Gasteiger charge is -2.36. The fraction of sp³-hybridized carbons (Fsp3) is 0.471. The summed E-state index contributed by atoms with van der Waals surface area (Å²) in [7, 11) is 0. The van der Waals surface area contributed by atoms with E-state index in [1.54, 1.807) is 12.7 Å². The van der Waals surface area contributed by atoms with Crippen LogP contribution in [0.2, 0.25) is 0 Å². The first-order chi connectivity index (χ1) is 11.3. The van der Waals surface area contributed by atoms with E-state index in [9.17, 15) is 4.79 Å². The van der Waals surface area contributed by atoms with Gasteiger partial charge in [0.25, 0.3) is 0 Å². The van der Waals surface area contributed by atoms with E-state index in [1.165, 1.54) is 0 Å². The number of carbonyl (C=O) groups excluding carboxylic acids is 1. The second-order valence-electron chi connectivity index (χ2n) is 6.28. The quantitative estimate of drug-likeness (QED) is 0.847. The van der Waals surface area contributed by atoms with Crippen molar-refractivity contribution >= 4 is 5.91 Å². The molecule has 0 N–H and O–H groups in total. The fourth-order valence-electron chi connectivity index (χ4n) is 3.52. The van der Waals surface area contributed by atoms with Gasteiger partial charge in [-0.1, -0.05) is 18.2 Å². The van der Waals surface area contributed by atoms with Gasteiger partial charge in [0.05, 0.1) is 12.0 Å². The molecule has 6 nitrogen and oxygen atoms in total. The first-order valence-electron chi connectivity index (χ1n) is 8.15. The van der Waals surface area contributed by atoms with Crippen molar-refractivity contribution in [3.05, 3.63) is 42.5 Å². The van der Waals surface area contributed by atoms with Crippen LogP contribution in [-0.2, 0) is 11.2 Å². The van der Waals surface area contributed by atoms with Gasteiger partial charge >= 0.3 is 0 Å². The van der Waals surface area contributed by atoms with E-state index in [4.69, 9.17) is 4.74 Å². The predicted octanol–water partition coefficient (Wildman–Crippen LogP) is 1.69. The highest BCUT2D eigenvalue weighted by atomic mass is 16.5. The summed E-state index contributed by atoms with van der Waals surface area (Å²) in [6, 6.07) is 8.21. The number of hydrogen-bond donors (Lipinski definition) is 0. The maximum Gasteiger partial charge on any atom is 0.229 e. The number of hydrogen-bond acceptors (Lipinski definition) is 4. The zero-order valence-electron chi connectivity index (χ0n) is 13.0. The number of piperidine rings is 1. The molecule has 1 aromatic carbocycles. The number of nitrogens with zero attached hydrogens (tertiary/aromatic N) is 4. The Kier molecular flexibility index (Phi) is 3.73. The number of aromatic nitrogens is 3. The summed E-state index contributed by atoms with van der Waals surface area (Å²) in [6.07, 6.45) is 6.09. The SMILES string of the molecule is O=C([C@H]1COc2ccccc2C1)N1CCC[C@@H](n2cncn2)C1.